The summed E-state index contributed by atoms with van der Waals surface area (Å²) < 4.78 is 0. The number of aromatic carboxylic acids is 1. The molecule has 1 fully saturated rings. The number of fused-ring (bicyclic) bond motifs is 1. The standard InChI is InChI=1S/C31H41N5O4S/c1-4-6-11-22(12-7-5-2)35-17-19-36(20-18-35)30(38)21(3)33-28(37)26-27(23-13-8-9-15-25(23)34-26)41-29-24(31(39)40)14-10-16-32-29/h8-10,13-16,21-22,34H,4-7,11-12,17-20H2,1-3H3,(H,33,37)(H,39,40)/t21-/m1/s1. The van der Waals surface area contributed by atoms with Gasteiger partial charge >= 0.3 is 5.97 Å². The van der Waals surface area contributed by atoms with E-state index in [0.29, 0.717) is 24.0 Å². The van der Waals surface area contributed by atoms with E-state index < -0.39 is 17.9 Å². The topological polar surface area (TPSA) is 119 Å². The van der Waals surface area contributed by atoms with Crippen molar-refractivity contribution in [1.29, 1.82) is 0 Å². The van der Waals surface area contributed by atoms with Crippen LogP contribution in [0.1, 0.15) is 80.1 Å². The van der Waals surface area contributed by atoms with Gasteiger partial charge in [0.15, 0.2) is 0 Å². The van der Waals surface area contributed by atoms with E-state index in [9.17, 15) is 19.5 Å². The van der Waals surface area contributed by atoms with Crippen molar-refractivity contribution in [1.82, 2.24) is 25.1 Å². The fourth-order valence-corrected chi connectivity index (χ4v) is 6.52. The molecule has 1 aliphatic heterocycles. The molecular formula is C31H41N5O4S. The summed E-state index contributed by atoms with van der Waals surface area (Å²) in [5.41, 5.74) is 1.07. The minimum atomic E-state index is -1.09. The van der Waals surface area contributed by atoms with Crippen molar-refractivity contribution in [3.63, 3.8) is 0 Å². The number of amides is 2. The quantitative estimate of drug-likeness (QED) is 0.247. The summed E-state index contributed by atoms with van der Waals surface area (Å²) in [4.78, 5) is 51.0. The van der Waals surface area contributed by atoms with Gasteiger partial charge in [0.25, 0.3) is 5.91 Å². The van der Waals surface area contributed by atoms with E-state index in [1.165, 1.54) is 50.8 Å². The lowest BCUT2D eigenvalue weighted by molar-refractivity contribution is -0.135. The van der Waals surface area contributed by atoms with Gasteiger partial charge in [-0.3, -0.25) is 14.5 Å². The Kier molecular flexibility index (Phi) is 10.8. The Morgan fingerprint density at radius 2 is 1.71 bits per heavy atom. The summed E-state index contributed by atoms with van der Waals surface area (Å²) in [5, 5.41) is 13.6. The maximum absolute atomic E-state index is 13.5. The predicted octanol–water partition coefficient (Wildman–Crippen LogP) is 5.42. The van der Waals surface area contributed by atoms with Crippen LogP contribution in [-0.2, 0) is 4.79 Å². The molecule has 1 aliphatic rings. The molecule has 3 N–H and O–H groups in total. The molecule has 2 amide bonds. The zero-order valence-corrected chi connectivity index (χ0v) is 25.0. The number of H-pyrrole nitrogens is 1. The number of piperazine rings is 1. The largest absolute Gasteiger partial charge is 0.478 e. The molecule has 1 atom stereocenters. The number of rotatable bonds is 13. The van der Waals surface area contributed by atoms with Crippen LogP contribution in [0.25, 0.3) is 10.9 Å². The van der Waals surface area contributed by atoms with Crippen molar-refractivity contribution in [2.24, 2.45) is 0 Å². The fraction of sp³-hybridized carbons (Fsp3) is 0.484. The van der Waals surface area contributed by atoms with Gasteiger partial charge in [-0.25, -0.2) is 9.78 Å². The lowest BCUT2D eigenvalue weighted by Gasteiger charge is -2.40. The average Bonchev–Trinajstić information content (AvgIpc) is 3.35. The summed E-state index contributed by atoms with van der Waals surface area (Å²) in [7, 11) is 0. The normalized spacial score (nSPS) is 14.9. The SMILES string of the molecule is CCCCC(CCCC)N1CCN(C(=O)[C@@H](C)NC(=O)c2[nH]c3ccccc3c2Sc2ncccc2C(=O)O)CC1. The van der Waals surface area contributed by atoms with Crippen LogP contribution >= 0.6 is 11.8 Å². The predicted molar refractivity (Wildman–Crippen MR) is 162 cm³/mol. The van der Waals surface area contributed by atoms with Crippen LogP contribution < -0.4 is 5.32 Å². The van der Waals surface area contributed by atoms with Crippen molar-refractivity contribution in [2.45, 2.75) is 81.3 Å². The van der Waals surface area contributed by atoms with Gasteiger partial charge in [-0.1, -0.05) is 69.5 Å². The maximum atomic E-state index is 13.5. The maximum Gasteiger partial charge on any atom is 0.338 e. The van der Waals surface area contributed by atoms with Gasteiger partial charge in [-0.15, -0.1) is 0 Å². The Bertz CT molecular complexity index is 1340. The number of benzene rings is 1. The Morgan fingerprint density at radius 3 is 2.37 bits per heavy atom. The lowest BCUT2D eigenvalue weighted by atomic mass is 10.0. The van der Waals surface area contributed by atoms with Crippen LogP contribution in [0, 0.1) is 0 Å². The second kappa shape index (κ2) is 14.5. The third-order valence-corrected chi connectivity index (χ3v) is 8.87. The van der Waals surface area contributed by atoms with Crippen molar-refractivity contribution in [3.05, 3.63) is 53.9 Å². The highest BCUT2D eigenvalue weighted by molar-refractivity contribution is 7.99. The highest BCUT2D eigenvalue weighted by Crippen LogP contribution is 2.37. The Labute approximate surface area is 246 Å². The summed E-state index contributed by atoms with van der Waals surface area (Å²) in [6, 6.07) is 10.4. The first-order valence-electron chi connectivity index (χ1n) is 14.6. The van der Waals surface area contributed by atoms with Gasteiger partial charge < -0.3 is 20.3 Å². The van der Waals surface area contributed by atoms with Crippen molar-refractivity contribution >= 4 is 40.4 Å². The van der Waals surface area contributed by atoms with E-state index in [2.05, 4.69) is 34.0 Å². The molecule has 1 aromatic carbocycles. The molecule has 10 heteroatoms. The number of pyridine rings is 1. The molecule has 0 radical (unpaired) electrons. The van der Waals surface area contributed by atoms with Crippen LogP contribution in [0.3, 0.4) is 0 Å². The van der Waals surface area contributed by atoms with Gasteiger partial charge in [0.1, 0.15) is 16.8 Å². The van der Waals surface area contributed by atoms with Crippen LogP contribution in [0.4, 0.5) is 0 Å². The van der Waals surface area contributed by atoms with Crippen LogP contribution in [0.15, 0.2) is 52.5 Å². The highest BCUT2D eigenvalue weighted by Gasteiger charge is 2.30. The second-order valence-electron chi connectivity index (χ2n) is 10.6. The molecule has 0 aliphatic carbocycles. The first-order valence-corrected chi connectivity index (χ1v) is 15.5. The number of nitrogens with one attached hydrogen (secondary N) is 2. The molecule has 220 valence electrons. The molecule has 1 saturated heterocycles. The van der Waals surface area contributed by atoms with Gasteiger partial charge in [-0.05, 0) is 38.0 Å². The van der Waals surface area contributed by atoms with Crippen molar-refractivity contribution in [3.8, 4) is 0 Å². The number of carbonyl (C=O) groups is 3. The molecule has 0 unspecified atom stereocenters. The highest BCUT2D eigenvalue weighted by atomic mass is 32.2. The third-order valence-electron chi connectivity index (χ3n) is 7.73. The Hall–Kier alpha value is -3.37. The van der Waals surface area contributed by atoms with Crippen molar-refractivity contribution < 1.29 is 19.5 Å². The fourth-order valence-electron chi connectivity index (χ4n) is 5.41. The van der Waals surface area contributed by atoms with Crippen LogP contribution in [0.5, 0.6) is 0 Å². The number of para-hydroxylation sites is 1. The molecule has 3 aromatic rings. The average molecular weight is 580 g/mol. The number of carboxylic acids is 1. The molecule has 2 aromatic heterocycles. The van der Waals surface area contributed by atoms with E-state index in [-0.39, 0.29) is 22.2 Å². The third kappa shape index (κ3) is 7.48. The number of aromatic amines is 1. The van der Waals surface area contributed by atoms with Gasteiger partial charge in [-0.2, -0.15) is 0 Å². The molecule has 4 rings (SSSR count). The number of unbranched alkanes of at least 4 members (excludes halogenated alkanes) is 2. The minimum Gasteiger partial charge on any atom is -0.478 e. The van der Waals surface area contributed by atoms with E-state index in [1.807, 2.05) is 29.2 Å². The Balaban J connectivity index is 1.44. The van der Waals surface area contributed by atoms with E-state index in [0.717, 1.165) is 35.8 Å². The Morgan fingerprint density at radius 1 is 1.02 bits per heavy atom. The summed E-state index contributed by atoms with van der Waals surface area (Å²) in [5.74, 6) is -1.61. The molecule has 0 saturated carbocycles. The number of carboxylic acid groups (broad SMARTS) is 1. The zero-order chi connectivity index (χ0) is 29.4. The second-order valence-corrected chi connectivity index (χ2v) is 11.6. The number of carbonyl (C=O) groups excluding carboxylic acids is 2. The number of hydrogen-bond donors (Lipinski definition) is 3. The first kappa shape index (κ1) is 30.6. The van der Waals surface area contributed by atoms with E-state index in [4.69, 9.17) is 0 Å². The monoisotopic (exact) mass is 579 g/mol. The molecule has 0 bridgehead atoms. The van der Waals surface area contributed by atoms with E-state index >= 15 is 0 Å². The van der Waals surface area contributed by atoms with Gasteiger partial charge in [0, 0.05) is 49.3 Å². The minimum absolute atomic E-state index is 0.0588. The zero-order valence-electron chi connectivity index (χ0n) is 24.2. The summed E-state index contributed by atoms with van der Waals surface area (Å²) >= 11 is 1.13. The van der Waals surface area contributed by atoms with Crippen LogP contribution in [-0.4, -0.2) is 80.9 Å². The summed E-state index contributed by atoms with van der Waals surface area (Å²) in [6.45, 7) is 9.18. The lowest BCUT2D eigenvalue weighted by Crippen LogP contribution is -2.56. The van der Waals surface area contributed by atoms with Crippen molar-refractivity contribution in [2.75, 3.05) is 26.2 Å². The van der Waals surface area contributed by atoms with Crippen LogP contribution in [0.2, 0.25) is 0 Å². The molecule has 41 heavy (non-hydrogen) atoms. The van der Waals surface area contributed by atoms with Gasteiger partial charge in [0.2, 0.25) is 5.91 Å². The van der Waals surface area contributed by atoms with E-state index in [1.54, 1.807) is 13.0 Å². The first-order chi connectivity index (χ1) is 19.8. The number of hydrogen-bond acceptors (Lipinski definition) is 6. The molecule has 9 nitrogen and oxygen atoms in total. The molecule has 0 spiro atoms. The number of nitrogens with zero attached hydrogens (tertiary/aromatic N) is 3. The molecular weight excluding hydrogens is 538 g/mol. The summed E-state index contributed by atoms with van der Waals surface area (Å²) in [6.07, 6.45) is 8.77. The van der Waals surface area contributed by atoms with Gasteiger partial charge in [0.05, 0.1) is 10.5 Å². The molecule has 3 heterocycles. The smallest absolute Gasteiger partial charge is 0.338 e. The number of aromatic nitrogens is 2.